The summed E-state index contributed by atoms with van der Waals surface area (Å²) < 4.78 is 5.33. The molecule has 25 heavy (non-hydrogen) atoms. The van der Waals surface area contributed by atoms with Gasteiger partial charge in [-0.2, -0.15) is 0 Å². The van der Waals surface area contributed by atoms with Crippen LogP contribution in [0.2, 0.25) is 0 Å². The number of hydrogen-bond acceptors (Lipinski definition) is 5. The maximum absolute atomic E-state index is 12.0. The standard InChI is InChI=1S/C20H13NO2S2/c22-19(18-7-4-12-24-18)23-20-21-17(13-25-20)16-10-8-15(9-11-16)14-5-2-1-3-6-14/h1-13H. The number of thiazole rings is 1. The minimum atomic E-state index is -0.365. The van der Waals surface area contributed by atoms with Gasteiger partial charge >= 0.3 is 5.97 Å². The number of thiophene rings is 1. The second-order valence-electron chi connectivity index (χ2n) is 5.31. The molecule has 0 aliphatic rings. The van der Waals surface area contributed by atoms with Crippen LogP contribution in [0.1, 0.15) is 9.67 Å². The highest BCUT2D eigenvalue weighted by Gasteiger charge is 2.13. The average molecular weight is 363 g/mol. The van der Waals surface area contributed by atoms with E-state index in [4.69, 9.17) is 4.74 Å². The molecule has 3 nitrogen and oxygen atoms in total. The molecule has 0 saturated heterocycles. The number of aromatic nitrogens is 1. The van der Waals surface area contributed by atoms with E-state index >= 15 is 0 Å². The zero-order valence-corrected chi connectivity index (χ0v) is 14.7. The fourth-order valence-corrected chi connectivity index (χ4v) is 3.70. The van der Waals surface area contributed by atoms with Crippen LogP contribution in [0.15, 0.2) is 77.5 Å². The van der Waals surface area contributed by atoms with E-state index < -0.39 is 0 Å². The van der Waals surface area contributed by atoms with Crippen LogP contribution in [0.25, 0.3) is 22.4 Å². The van der Waals surface area contributed by atoms with Gasteiger partial charge in [0.2, 0.25) is 0 Å². The fourth-order valence-electron chi connectivity index (χ4n) is 2.43. The highest BCUT2D eigenvalue weighted by atomic mass is 32.1. The van der Waals surface area contributed by atoms with Crippen molar-refractivity contribution in [1.82, 2.24) is 4.98 Å². The van der Waals surface area contributed by atoms with Crippen LogP contribution < -0.4 is 4.74 Å². The molecule has 4 aromatic rings. The van der Waals surface area contributed by atoms with Gasteiger partial charge in [0, 0.05) is 10.9 Å². The third kappa shape index (κ3) is 3.52. The first-order valence-electron chi connectivity index (χ1n) is 7.67. The SMILES string of the molecule is O=C(Oc1nc(-c2ccc(-c3ccccc3)cc2)cs1)c1cccs1. The van der Waals surface area contributed by atoms with Gasteiger partial charge < -0.3 is 4.74 Å². The Morgan fingerprint density at radius 2 is 1.52 bits per heavy atom. The van der Waals surface area contributed by atoms with E-state index in [2.05, 4.69) is 29.2 Å². The normalized spacial score (nSPS) is 10.6. The van der Waals surface area contributed by atoms with Crippen LogP contribution in [0.3, 0.4) is 0 Å². The molecule has 0 atom stereocenters. The van der Waals surface area contributed by atoms with E-state index in [0.717, 1.165) is 16.8 Å². The van der Waals surface area contributed by atoms with E-state index in [9.17, 15) is 4.79 Å². The van der Waals surface area contributed by atoms with Gasteiger partial charge in [-0.25, -0.2) is 9.78 Å². The van der Waals surface area contributed by atoms with Gasteiger partial charge in [0.05, 0.1) is 5.69 Å². The average Bonchev–Trinajstić information content (AvgIpc) is 3.35. The monoisotopic (exact) mass is 363 g/mol. The Hall–Kier alpha value is -2.76. The van der Waals surface area contributed by atoms with E-state index in [0.29, 0.717) is 10.1 Å². The third-order valence-electron chi connectivity index (χ3n) is 3.67. The molecule has 5 heteroatoms. The minimum absolute atomic E-state index is 0.362. The number of carbonyl (C=O) groups is 1. The lowest BCUT2D eigenvalue weighted by Gasteiger charge is -2.02. The van der Waals surface area contributed by atoms with Gasteiger partial charge in [-0.3, -0.25) is 0 Å². The summed E-state index contributed by atoms with van der Waals surface area (Å²) in [6, 6.07) is 22.0. The molecule has 4 rings (SSSR count). The molecule has 0 spiro atoms. The van der Waals surface area contributed by atoms with Crippen molar-refractivity contribution in [1.29, 1.82) is 0 Å². The second kappa shape index (κ2) is 7.01. The van der Waals surface area contributed by atoms with Gasteiger partial charge in [-0.05, 0) is 22.6 Å². The predicted octanol–water partition coefficient (Wildman–Crippen LogP) is 5.76. The Labute approximate surface area is 153 Å². The molecule has 2 aromatic carbocycles. The van der Waals surface area contributed by atoms with Gasteiger partial charge in [0.1, 0.15) is 4.88 Å². The molecule has 0 radical (unpaired) electrons. The molecule has 0 saturated carbocycles. The van der Waals surface area contributed by atoms with Gasteiger partial charge in [0.25, 0.3) is 5.19 Å². The number of hydrogen-bond donors (Lipinski definition) is 0. The van der Waals surface area contributed by atoms with Gasteiger partial charge in [-0.1, -0.05) is 72.0 Å². The number of rotatable bonds is 4. The number of carbonyl (C=O) groups excluding carboxylic acids is 1. The summed E-state index contributed by atoms with van der Waals surface area (Å²) in [6.07, 6.45) is 0. The predicted molar refractivity (Wildman–Crippen MR) is 102 cm³/mol. The summed E-state index contributed by atoms with van der Waals surface area (Å²) in [5, 5.41) is 4.10. The van der Waals surface area contributed by atoms with Crippen LogP contribution in [0.5, 0.6) is 5.19 Å². The summed E-state index contributed by atoms with van der Waals surface area (Å²) in [5.74, 6) is -0.365. The van der Waals surface area contributed by atoms with Gasteiger partial charge in [0.15, 0.2) is 0 Å². The van der Waals surface area contributed by atoms with Crippen molar-refractivity contribution in [3.05, 3.63) is 82.4 Å². The molecule has 0 fully saturated rings. The smallest absolute Gasteiger partial charge is 0.355 e. The Kier molecular flexibility index (Phi) is 4.41. The van der Waals surface area contributed by atoms with E-state index in [-0.39, 0.29) is 5.97 Å². The summed E-state index contributed by atoms with van der Waals surface area (Å²) in [4.78, 5) is 17.0. The van der Waals surface area contributed by atoms with Crippen molar-refractivity contribution in [3.63, 3.8) is 0 Å². The molecule has 0 unspecified atom stereocenters. The lowest BCUT2D eigenvalue weighted by molar-refractivity contribution is 0.0739. The molecular weight excluding hydrogens is 350 g/mol. The second-order valence-corrected chi connectivity index (χ2v) is 7.08. The van der Waals surface area contributed by atoms with Crippen molar-refractivity contribution in [2.75, 3.05) is 0 Å². The molecule has 2 heterocycles. The fraction of sp³-hybridized carbons (Fsp3) is 0. The summed E-state index contributed by atoms with van der Waals surface area (Å²) in [5.41, 5.74) is 4.13. The number of benzene rings is 2. The highest BCUT2D eigenvalue weighted by Crippen LogP contribution is 2.29. The Balaban J connectivity index is 1.51. The first-order valence-corrected chi connectivity index (χ1v) is 9.42. The van der Waals surface area contributed by atoms with Crippen LogP contribution in [0.4, 0.5) is 0 Å². The molecular formula is C20H13NO2S2. The van der Waals surface area contributed by atoms with Crippen LogP contribution >= 0.6 is 22.7 Å². The van der Waals surface area contributed by atoms with Crippen molar-refractivity contribution in [3.8, 4) is 27.6 Å². The molecule has 0 amide bonds. The zero-order chi connectivity index (χ0) is 17.1. The quantitative estimate of drug-likeness (QED) is 0.433. The maximum Gasteiger partial charge on any atom is 0.355 e. The zero-order valence-electron chi connectivity index (χ0n) is 13.1. The van der Waals surface area contributed by atoms with Crippen molar-refractivity contribution >= 4 is 28.6 Å². The Morgan fingerprint density at radius 1 is 0.800 bits per heavy atom. The lowest BCUT2D eigenvalue weighted by atomic mass is 10.0. The minimum Gasteiger partial charge on any atom is -0.394 e. The van der Waals surface area contributed by atoms with E-state index in [1.165, 1.54) is 28.2 Å². The largest absolute Gasteiger partial charge is 0.394 e. The van der Waals surface area contributed by atoms with Crippen LogP contribution in [-0.2, 0) is 0 Å². The van der Waals surface area contributed by atoms with Crippen molar-refractivity contribution < 1.29 is 9.53 Å². The number of esters is 1. The first kappa shape index (κ1) is 15.7. The summed E-state index contributed by atoms with van der Waals surface area (Å²) >= 11 is 2.68. The topological polar surface area (TPSA) is 39.2 Å². The van der Waals surface area contributed by atoms with Crippen LogP contribution in [-0.4, -0.2) is 11.0 Å². The molecule has 122 valence electrons. The number of nitrogens with zero attached hydrogens (tertiary/aromatic N) is 1. The highest BCUT2D eigenvalue weighted by molar-refractivity contribution is 7.12. The molecule has 0 aliphatic heterocycles. The van der Waals surface area contributed by atoms with Crippen molar-refractivity contribution in [2.45, 2.75) is 0 Å². The maximum atomic E-state index is 12.0. The third-order valence-corrected chi connectivity index (χ3v) is 5.24. The Bertz CT molecular complexity index is 974. The van der Waals surface area contributed by atoms with Gasteiger partial charge in [-0.15, -0.1) is 11.3 Å². The van der Waals surface area contributed by atoms with Crippen molar-refractivity contribution in [2.24, 2.45) is 0 Å². The lowest BCUT2D eigenvalue weighted by Crippen LogP contribution is -2.05. The molecule has 0 aliphatic carbocycles. The molecule has 0 N–H and O–H groups in total. The van der Waals surface area contributed by atoms with Crippen LogP contribution in [0, 0.1) is 0 Å². The molecule has 2 aromatic heterocycles. The Morgan fingerprint density at radius 3 is 2.24 bits per heavy atom. The van der Waals surface area contributed by atoms with E-state index in [1.54, 1.807) is 6.07 Å². The summed E-state index contributed by atoms with van der Waals surface area (Å²) in [7, 11) is 0. The van der Waals surface area contributed by atoms with E-state index in [1.807, 2.05) is 47.2 Å². The summed E-state index contributed by atoms with van der Waals surface area (Å²) in [6.45, 7) is 0. The molecule has 0 bridgehead atoms. The number of ether oxygens (including phenoxy) is 1. The first-order chi connectivity index (χ1) is 12.3.